The number of carbonyl (C=O) groups is 1. The Morgan fingerprint density at radius 2 is 2.31 bits per heavy atom. The number of hydrogen-bond donors (Lipinski definition) is 1. The van der Waals surface area contributed by atoms with Crippen molar-refractivity contribution in [2.45, 2.75) is 32.1 Å². The third-order valence-electron chi connectivity index (χ3n) is 3.90. The van der Waals surface area contributed by atoms with Crippen molar-refractivity contribution in [3.05, 3.63) is 57.5 Å². The minimum Gasteiger partial charge on any atom is -0.467 e. The number of carbonyl (C=O) groups excluding carboxylic acids is 1. The maximum atomic E-state index is 12.5. The first-order valence-electron chi connectivity index (χ1n) is 8.04. The zero-order chi connectivity index (χ0) is 18.7. The van der Waals surface area contributed by atoms with Crippen LogP contribution < -0.4 is 10.7 Å². The van der Waals surface area contributed by atoms with Crippen molar-refractivity contribution >= 4 is 39.4 Å². The number of hydrogen-bond acceptors (Lipinski definition) is 6. The quantitative estimate of drug-likeness (QED) is 0.496. The molecule has 0 atom stereocenters. The van der Waals surface area contributed by atoms with Gasteiger partial charge in [0.1, 0.15) is 16.1 Å². The molecular weight excluding hydrogens is 370 g/mol. The number of nitrogens with one attached hydrogen (secondary N) is 1. The van der Waals surface area contributed by atoms with E-state index in [0.29, 0.717) is 29.5 Å². The Morgan fingerprint density at radius 3 is 3.00 bits per heavy atom. The first-order chi connectivity index (χ1) is 12.5. The van der Waals surface area contributed by atoms with Crippen LogP contribution in [0.4, 0.5) is 0 Å². The number of aryl methyl sites for hydroxylation is 1. The number of rotatable bonds is 7. The fraction of sp³-hybridized carbons (Fsp3) is 0.278. The van der Waals surface area contributed by atoms with Gasteiger partial charge in [-0.3, -0.25) is 9.59 Å². The molecule has 1 amide bonds. The van der Waals surface area contributed by atoms with E-state index in [0.717, 1.165) is 15.3 Å². The molecule has 0 fully saturated rings. The van der Waals surface area contributed by atoms with Crippen molar-refractivity contribution in [2.24, 2.45) is 0 Å². The average molecular weight is 390 g/mol. The minimum absolute atomic E-state index is 0.0526. The third kappa shape index (κ3) is 3.76. The Kier molecular flexibility index (Phi) is 5.63. The standard InChI is InChI=1S/C18H19N3O3S2/c1-4-7-21-17-15(16(23)11(2)12(3)26-17)20-18(21)25-10-14(22)19-9-13-6-5-8-24-13/h4-6,8H,1,7,9-10H2,2-3H3,(H,19,22). The average Bonchev–Trinajstić information content (AvgIpc) is 3.25. The highest BCUT2D eigenvalue weighted by Gasteiger charge is 2.17. The van der Waals surface area contributed by atoms with Crippen molar-refractivity contribution in [1.29, 1.82) is 0 Å². The second-order valence-corrected chi connectivity index (χ2v) is 7.85. The monoisotopic (exact) mass is 389 g/mol. The Bertz CT molecular complexity index is 1000. The van der Waals surface area contributed by atoms with Crippen LogP contribution in [0.15, 0.2) is 45.4 Å². The molecule has 0 aliphatic carbocycles. The molecule has 6 nitrogen and oxygen atoms in total. The van der Waals surface area contributed by atoms with E-state index >= 15 is 0 Å². The molecule has 0 saturated heterocycles. The van der Waals surface area contributed by atoms with Gasteiger partial charge in [0.15, 0.2) is 5.16 Å². The van der Waals surface area contributed by atoms with Crippen LogP contribution in [0, 0.1) is 13.8 Å². The van der Waals surface area contributed by atoms with Crippen molar-refractivity contribution in [1.82, 2.24) is 14.9 Å². The number of allylic oxidation sites excluding steroid dienone is 1. The van der Waals surface area contributed by atoms with E-state index in [1.54, 1.807) is 24.5 Å². The van der Waals surface area contributed by atoms with Gasteiger partial charge in [-0.2, -0.15) is 0 Å². The van der Waals surface area contributed by atoms with Gasteiger partial charge in [0.25, 0.3) is 0 Å². The van der Waals surface area contributed by atoms with E-state index < -0.39 is 0 Å². The van der Waals surface area contributed by atoms with Crippen LogP contribution in [0.2, 0.25) is 0 Å². The van der Waals surface area contributed by atoms with Crippen LogP contribution in [-0.2, 0) is 17.9 Å². The lowest BCUT2D eigenvalue weighted by Gasteiger charge is -2.06. The molecule has 3 heterocycles. The summed E-state index contributed by atoms with van der Waals surface area (Å²) in [5, 5.41) is 3.45. The van der Waals surface area contributed by atoms with Gasteiger partial charge < -0.3 is 14.3 Å². The summed E-state index contributed by atoms with van der Waals surface area (Å²) < 4.78 is 7.13. The summed E-state index contributed by atoms with van der Waals surface area (Å²) in [6, 6.07) is 3.58. The zero-order valence-corrected chi connectivity index (χ0v) is 16.2. The zero-order valence-electron chi connectivity index (χ0n) is 14.6. The molecule has 0 aliphatic rings. The van der Waals surface area contributed by atoms with Crippen molar-refractivity contribution in [3.63, 3.8) is 0 Å². The molecule has 0 spiro atoms. The Balaban J connectivity index is 1.79. The van der Waals surface area contributed by atoms with Crippen LogP contribution in [-0.4, -0.2) is 21.2 Å². The van der Waals surface area contributed by atoms with Gasteiger partial charge in [-0.05, 0) is 26.0 Å². The molecule has 0 aliphatic heterocycles. The number of amides is 1. The molecule has 0 aromatic carbocycles. The molecule has 1 N–H and O–H groups in total. The first-order valence-corrected chi connectivity index (χ1v) is 9.84. The summed E-state index contributed by atoms with van der Waals surface area (Å²) in [4.78, 5) is 30.9. The fourth-order valence-corrected chi connectivity index (χ4v) is 4.35. The predicted molar refractivity (Wildman–Crippen MR) is 105 cm³/mol. The smallest absolute Gasteiger partial charge is 0.230 e. The van der Waals surface area contributed by atoms with Crippen molar-refractivity contribution in [2.75, 3.05) is 5.75 Å². The van der Waals surface area contributed by atoms with Crippen LogP contribution in [0.25, 0.3) is 10.3 Å². The molecule has 26 heavy (non-hydrogen) atoms. The molecule has 3 aromatic rings. The highest BCUT2D eigenvalue weighted by Crippen LogP contribution is 2.27. The first kappa shape index (κ1) is 18.5. The molecule has 136 valence electrons. The molecule has 0 radical (unpaired) electrons. The van der Waals surface area contributed by atoms with Crippen LogP contribution in [0.1, 0.15) is 16.2 Å². The summed E-state index contributed by atoms with van der Waals surface area (Å²) >= 11 is 2.85. The maximum absolute atomic E-state index is 12.5. The lowest BCUT2D eigenvalue weighted by Crippen LogP contribution is -2.24. The minimum atomic E-state index is -0.123. The number of furan rings is 1. The Hall–Kier alpha value is -2.32. The molecule has 0 bridgehead atoms. The number of imidazole rings is 1. The lowest BCUT2D eigenvalue weighted by molar-refractivity contribution is -0.118. The largest absolute Gasteiger partial charge is 0.467 e. The molecule has 0 saturated carbocycles. The van der Waals surface area contributed by atoms with Gasteiger partial charge in [-0.25, -0.2) is 4.98 Å². The Labute approximate surface area is 158 Å². The van der Waals surface area contributed by atoms with Gasteiger partial charge >= 0.3 is 0 Å². The summed E-state index contributed by atoms with van der Waals surface area (Å²) in [7, 11) is 0. The van der Waals surface area contributed by atoms with Crippen LogP contribution in [0.5, 0.6) is 0 Å². The van der Waals surface area contributed by atoms with Gasteiger partial charge in [0.2, 0.25) is 11.3 Å². The van der Waals surface area contributed by atoms with Gasteiger partial charge in [0.05, 0.1) is 18.6 Å². The maximum Gasteiger partial charge on any atom is 0.230 e. The SMILES string of the molecule is C=CCn1c(SCC(=O)NCc2ccco2)nc2c(=O)c(C)c(C)sc21. The molecular formula is C18H19N3O3S2. The fourth-order valence-electron chi connectivity index (χ4n) is 2.41. The number of aromatic nitrogens is 2. The number of thioether (sulfide) groups is 1. The van der Waals surface area contributed by atoms with E-state index in [2.05, 4.69) is 16.9 Å². The van der Waals surface area contributed by atoms with E-state index in [9.17, 15) is 9.59 Å². The summed E-state index contributed by atoms with van der Waals surface area (Å²) in [5.41, 5.74) is 1.13. The highest BCUT2D eigenvalue weighted by molar-refractivity contribution is 7.99. The van der Waals surface area contributed by atoms with Crippen LogP contribution in [0.3, 0.4) is 0 Å². The lowest BCUT2D eigenvalue weighted by atomic mass is 10.2. The number of nitrogens with zero attached hydrogens (tertiary/aromatic N) is 2. The second-order valence-electron chi connectivity index (χ2n) is 5.70. The van der Waals surface area contributed by atoms with Crippen molar-refractivity contribution < 1.29 is 9.21 Å². The molecule has 3 rings (SSSR count). The van der Waals surface area contributed by atoms with Gasteiger partial charge in [0, 0.05) is 17.0 Å². The third-order valence-corrected chi connectivity index (χ3v) is 6.10. The van der Waals surface area contributed by atoms with E-state index in [1.165, 1.54) is 23.1 Å². The summed E-state index contributed by atoms with van der Waals surface area (Å²) in [6.07, 6.45) is 3.33. The highest BCUT2D eigenvalue weighted by atomic mass is 32.2. The Morgan fingerprint density at radius 1 is 1.50 bits per heavy atom. The van der Waals surface area contributed by atoms with Crippen LogP contribution >= 0.6 is 23.1 Å². The predicted octanol–water partition coefficient (Wildman–Crippen LogP) is 3.26. The second kappa shape index (κ2) is 7.92. The topological polar surface area (TPSA) is 77.1 Å². The molecule has 8 heteroatoms. The van der Waals surface area contributed by atoms with Gasteiger partial charge in [-0.1, -0.05) is 17.8 Å². The van der Waals surface area contributed by atoms with E-state index in [-0.39, 0.29) is 17.1 Å². The summed E-state index contributed by atoms with van der Waals surface area (Å²) in [6.45, 7) is 8.40. The number of fused-ring (bicyclic) bond motifs is 1. The molecule has 0 unspecified atom stereocenters. The van der Waals surface area contributed by atoms with E-state index in [1.807, 2.05) is 18.4 Å². The molecule has 3 aromatic heterocycles. The van der Waals surface area contributed by atoms with E-state index in [4.69, 9.17) is 4.42 Å². The van der Waals surface area contributed by atoms with Gasteiger partial charge in [-0.15, -0.1) is 17.9 Å². The normalized spacial score (nSPS) is 11.0. The van der Waals surface area contributed by atoms with Crippen molar-refractivity contribution in [3.8, 4) is 0 Å². The summed E-state index contributed by atoms with van der Waals surface area (Å²) in [5.74, 6) is 0.783.